The van der Waals surface area contributed by atoms with Crippen LogP contribution in [0, 0.1) is 0 Å². The highest BCUT2D eigenvalue weighted by Crippen LogP contribution is 2.32. The topological polar surface area (TPSA) is 67.4 Å². The molecule has 0 atom stereocenters. The van der Waals surface area contributed by atoms with E-state index in [4.69, 9.17) is 14.6 Å². The summed E-state index contributed by atoms with van der Waals surface area (Å²) >= 11 is 0. The number of hydrogen-bond donors (Lipinski definition) is 2. The second-order valence-electron chi connectivity index (χ2n) is 3.78. The van der Waals surface area contributed by atoms with Crippen molar-refractivity contribution in [1.82, 2.24) is 9.97 Å². The summed E-state index contributed by atoms with van der Waals surface area (Å²) in [6.45, 7) is 0.0761. The molecule has 5 nitrogen and oxygen atoms in total. The highest BCUT2D eigenvalue weighted by molar-refractivity contribution is 5.68. The molecule has 0 radical (unpaired) electrons. The van der Waals surface area contributed by atoms with Crippen LogP contribution in [0.3, 0.4) is 0 Å². The predicted octanol–water partition coefficient (Wildman–Crippen LogP) is 1.63. The molecule has 0 spiro atoms. The summed E-state index contributed by atoms with van der Waals surface area (Å²) in [5, 5.41) is 8.87. The van der Waals surface area contributed by atoms with Crippen molar-refractivity contribution in [2.24, 2.45) is 0 Å². The fourth-order valence-electron chi connectivity index (χ4n) is 1.75. The number of imidazole rings is 1. The Bertz CT molecular complexity index is 523. The van der Waals surface area contributed by atoms with Crippen LogP contribution in [0.2, 0.25) is 0 Å². The molecule has 0 unspecified atom stereocenters. The Morgan fingerprint density at radius 1 is 1.28 bits per heavy atom. The molecular weight excluding hydrogens is 232 g/mol. The molecule has 1 aromatic carbocycles. The Hall–Kier alpha value is -2.01. The van der Waals surface area contributed by atoms with Crippen molar-refractivity contribution in [3.05, 3.63) is 30.2 Å². The third-order valence-electron chi connectivity index (χ3n) is 2.68. The molecule has 5 heteroatoms. The number of aromatic nitrogens is 2. The zero-order valence-corrected chi connectivity index (χ0v) is 10.4. The molecule has 0 fully saturated rings. The second kappa shape index (κ2) is 5.55. The minimum Gasteiger partial charge on any atom is -0.497 e. The van der Waals surface area contributed by atoms with E-state index < -0.39 is 0 Å². The average Bonchev–Trinajstić information content (AvgIpc) is 2.87. The first-order chi connectivity index (χ1) is 8.78. The van der Waals surface area contributed by atoms with Gasteiger partial charge in [0.05, 0.1) is 32.7 Å². The fraction of sp³-hybridized carbons (Fsp3) is 0.308. The Balaban J connectivity index is 2.36. The molecule has 2 aromatic rings. The third-order valence-corrected chi connectivity index (χ3v) is 2.68. The minimum atomic E-state index is 0.0761. The largest absolute Gasteiger partial charge is 0.497 e. The lowest BCUT2D eigenvalue weighted by Crippen LogP contribution is -1.93. The smallest absolute Gasteiger partial charge is 0.131 e. The van der Waals surface area contributed by atoms with Gasteiger partial charge < -0.3 is 19.6 Å². The fourth-order valence-corrected chi connectivity index (χ4v) is 1.75. The predicted molar refractivity (Wildman–Crippen MR) is 67.9 cm³/mol. The monoisotopic (exact) mass is 248 g/mol. The number of rotatable bonds is 5. The number of benzene rings is 1. The zero-order valence-electron chi connectivity index (χ0n) is 10.4. The number of aromatic amines is 1. The van der Waals surface area contributed by atoms with E-state index in [0.717, 1.165) is 22.8 Å². The molecule has 0 aliphatic rings. The molecule has 0 saturated heterocycles. The number of hydrogen-bond acceptors (Lipinski definition) is 4. The van der Waals surface area contributed by atoms with Crippen LogP contribution in [0.4, 0.5) is 0 Å². The van der Waals surface area contributed by atoms with Gasteiger partial charge in [-0.1, -0.05) is 0 Å². The summed E-state index contributed by atoms with van der Waals surface area (Å²) in [6.07, 6.45) is 2.24. The Labute approximate surface area is 105 Å². The second-order valence-corrected chi connectivity index (χ2v) is 3.78. The molecule has 96 valence electrons. The number of aliphatic hydroxyl groups is 1. The molecule has 2 N–H and O–H groups in total. The first kappa shape index (κ1) is 12.4. The standard InChI is InChI=1S/C13H16N2O3/c1-17-9-3-4-10(12(7-9)18-2)11-8-14-13(15-11)5-6-16/h3-4,7-8,16H,5-6H2,1-2H3,(H,14,15). The van der Waals surface area contributed by atoms with Crippen LogP contribution in [-0.2, 0) is 6.42 Å². The summed E-state index contributed by atoms with van der Waals surface area (Å²) in [4.78, 5) is 7.35. The summed E-state index contributed by atoms with van der Waals surface area (Å²) in [6, 6.07) is 5.60. The third kappa shape index (κ3) is 2.46. The van der Waals surface area contributed by atoms with E-state index in [1.165, 1.54) is 0 Å². The lowest BCUT2D eigenvalue weighted by atomic mass is 10.1. The lowest BCUT2D eigenvalue weighted by molar-refractivity contribution is 0.297. The number of ether oxygens (including phenoxy) is 2. The van der Waals surface area contributed by atoms with Gasteiger partial charge in [-0.15, -0.1) is 0 Å². The van der Waals surface area contributed by atoms with Gasteiger partial charge >= 0.3 is 0 Å². The molecule has 0 aliphatic carbocycles. The van der Waals surface area contributed by atoms with E-state index in [9.17, 15) is 0 Å². The van der Waals surface area contributed by atoms with Gasteiger partial charge in [0.2, 0.25) is 0 Å². The van der Waals surface area contributed by atoms with Crippen molar-refractivity contribution in [1.29, 1.82) is 0 Å². The van der Waals surface area contributed by atoms with E-state index in [-0.39, 0.29) is 6.61 Å². The normalized spacial score (nSPS) is 10.4. The van der Waals surface area contributed by atoms with E-state index in [0.29, 0.717) is 12.2 Å². The molecule has 1 heterocycles. The quantitative estimate of drug-likeness (QED) is 0.844. The van der Waals surface area contributed by atoms with Crippen LogP contribution in [0.1, 0.15) is 5.82 Å². The first-order valence-electron chi connectivity index (χ1n) is 5.65. The molecule has 0 bridgehead atoms. The zero-order chi connectivity index (χ0) is 13.0. The van der Waals surface area contributed by atoms with Crippen LogP contribution in [0.15, 0.2) is 24.4 Å². The number of aliphatic hydroxyl groups excluding tert-OH is 1. The van der Waals surface area contributed by atoms with Crippen molar-refractivity contribution < 1.29 is 14.6 Å². The van der Waals surface area contributed by atoms with Crippen molar-refractivity contribution in [2.45, 2.75) is 6.42 Å². The number of nitrogens with one attached hydrogen (secondary N) is 1. The van der Waals surface area contributed by atoms with E-state index in [1.54, 1.807) is 20.4 Å². The molecule has 1 aromatic heterocycles. The van der Waals surface area contributed by atoms with Gasteiger partial charge in [0.1, 0.15) is 17.3 Å². The maximum Gasteiger partial charge on any atom is 0.131 e. The number of H-pyrrole nitrogens is 1. The van der Waals surface area contributed by atoms with E-state index in [2.05, 4.69) is 9.97 Å². The van der Waals surface area contributed by atoms with Crippen LogP contribution in [0.25, 0.3) is 11.3 Å². The van der Waals surface area contributed by atoms with Crippen molar-refractivity contribution in [2.75, 3.05) is 20.8 Å². The number of methoxy groups -OCH3 is 2. The van der Waals surface area contributed by atoms with Crippen molar-refractivity contribution in [3.63, 3.8) is 0 Å². The first-order valence-corrected chi connectivity index (χ1v) is 5.65. The van der Waals surface area contributed by atoms with E-state index in [1.807, 2.05) is 18.2 Å². The van der Waals surface area contributed by atoms with Gasteiger partial charge in [-0.3, -0.25) is 0 Å². The maximum atomic E-state index is 8.87. The molecular formula is C13H16N2O3. The maximum absolute atomic E-state index is 8.87. The summed E-state index contributed by atoms with van der Waals surface area (Å²) in [5.74, 6) is 2.21. The minimum absolute atomic E-state index is 0.0761. The van der Waals surface area contributed by atoms with E-state index >= 15 is 0 Å². The van der Waals surface area contributed by atoms with Gasteiger partial charge in [0, 0.05) is 18.1 Å². The molecule has 2 rings (SSSR count). The van der Waals surface area contributed by atoms with Gasteiger partial charge in [-0.25, -0.2) is 4.98 Å². The van der Waals surface area contributed by atoms with Gasteiger partial charge in [-0.2, -0.15) is 0 Å². The van der Waals surface area contributed by atoms with Gasteiger partial charge in [0.25, 0.3) is 0 Å². The summed E-state index contributed by atoms with van der Waals surface area (Å²) in [5.41, 5.74) is 1.77. The van der Waals surface area contributed by atoms with Crippen LogP contribution in [-0.4, -0.2) is 35.9 Å². The molecule has 0 aliphatic heterocycles. The highest BCUT2D eigenvalue weighted by atomic mass is 16.5. The Morgan fingerprint density at radius 3 is 2.78 bits per heavy atom. The van der Waals surface area contributed by atoms with Crippen molar-refractivity contribution >= 4 is 0 Å². The Morgan fingerprint density at radius 2 is 2.11 bits per heavy atom. The van der Waals surface area contributed by atoms with Gasteiger partial charge in [0.15, 0.2) is 0 Å². The Kier molecular flexibility index (Phi) is 3.84. The van der Waals surface area contributed by atoms with Gasteiger partial charge in [-0.05, 0) is 12.1 Å². The molecule has 0 saturated carbocycles. The van der Waals surface area contributed by atoms with Crippen molar-refractivity contribution in [3.8, 4) is 22.8 Å². The van der Waals surface area contributed by atoms with Crippen LogP contribution < -0.4 is 9.47 Å². The number of nitrogens with zero attached hydrogens (tertiary/aromatic N) is 1. The molecule has 18 heavy (non-hydrogen) atoms. The SMILES string of the molecule is COc1ccc(-c2cnc(CCO)[nH]2)c(OC)c1. The summed E-state index contributed by atoms with van der Waals surface area (Å²) in [7, 11) is 3.23. The summed E-state index contributed by atoms with van der Waals surface area (Å²) < 4.78 is 10.5. The van der Waals surface area contributed by atoms with Crippen LogP contribution in [0.5, 0.6) is 11.5 Å². The lowest BCUT2D eigenvalue weighted by Gasteiger charge is -2.08. The highest BCUT2D eigenvalue weighted by Gasteiger charge is 2.10. The van der Waals surface area contributed by atoms with Crippen LogP contribution >= 0.6 is 0 Å². The molecule has 0 amide bonds. The average molecular weight is 248 g/mol.